The Bertz CT molecular complexity index is 1250. The molecule has 1 aliphatic heterocycles. The molecule has 0 fully saturated rings. The quantitative estimate of drug-likeness (QED) is 0.414. The lowest BCUT2D eigenvalue weighted by Gasteiger charge is -2.36. The number of benzene rings is 2. The zero-order chi connectivity index (χ0) is 27.0. The lowest BCUT2D eigenvalue weighted by Crippen LogP contribution is -2.35. The molecule has 3 rings (SSSR count). The summed E-state index contributed by atoms with van der Waals surface area (Å²) in [6.45, 7) is 9.86. The van der Waals surface area contributed by atoms with Crippen LogP contribution in [-0.4, -0.2) is 42.2 Å². The Kier molecular flexibility index (Phi) is 8.98. The predicted octanol–water partition coefficient (Wildman–Crippen LogP) is 5.04. The van der Waals surface area contributed by atoms with E-state index in [9.17, 15) is 9.90 Å². The van der Waals surface area contributed by atoms with Gasteiger partial charge in [-0.1, -0.05) is 74.2 Å². The number of carbonyl (C=O) groups is 1. The zero-order valence-electron chi connectivity index (χ0n) is 22.0. The number of guanidine groups is 1. The van der Waals surface area contributed by atoms with Crippen LogP contribution >= 0.6 is 0 Å². The summed E-state index contributed by atoms with van der Waals surface area (Å²) in [5, 5.41) is 15.0. The maximum atomic E-state index is 13.2. The van der Waals surface area contributed by atoms with Crippen LogP contribution in [0.5, 0.6) is 0 Å². The minimum atomic E-state index is -1.41. The van der Waals surface area contributed by atoms with Crippen LogP contribution in [0.3, 0.4) is 0 Å². The Labute approximate surface area is 218 Å². The fourth-order valence-electron chi connectivity index (χ4n) is 4.39. The number of methoxy groups -OCH3 is 1. The van der Waals surface area contributed by atoms with Gasteiger partial charge in [0.2, 0.25) is 5.96 Å². The Morgan fingerprint density at radius 2 is 1.70 bits per heavy atom. The first-order valence-corrected chi connectivity index (χ1v) is 12.1. The van der Waals surface area contributed by atoms with Gasteiger partial charge in [0, 0.05) is 36.9 Å². The van der Waals surface area contributed by atoms with Crippen LogP contribution < -0.4 is 5.32 Å². The van der Waals surface area contributed by atoms with E-state index in [0.717, 1.165) is 16.8 Å². The average molecular weight is 499 g/mol. The molecular weight excluding hydrogens is 464 g/mol. The maximum Gasteiger partial charge on any atom is 0.263 e. The molecule has 0 atom stereocenters. The van der Waals surface area contributed by atoms with Gasteiger partial charge in [-0.3, -0.25) is 15.1 Å². The van der Waals surface area contributed by atoms with E-state index >= 15 is 0 Å². The third kappa shape index (κ3) is 5.62. The molecule has 1 heterocycles. The van der Waals surface area contributed by atoms with Crippen molar-refractivity contribution in [1.82, 2.24) is 10.2 Å². The highest BCUT2D eigenvalue weighted by Gasteiger charge is 2.37. The second kappa shape index (κ2) is 12.1. The van der Waals surface area contributed by atoms with Crippen LogP contribution in [0.4, 0.5) is 0 Å². The van der Waals surface area contributed by atoms with Crippen LogP contribution in [0.25, 0.3) is 0 Å². The summed E-state index contributed by atoms with van der Waals surface area (Å²) < 4.78 is 5.50. The molecule has 0 bridgehead atoms. The van der Waals surface area contributed by atoms with Gasteiger partial charge in [-0.25, -0.2) is 4.99 Å². The fraction of sp³-hybridized carbons (Fsp3) is 0.233. The predicted molar refractivity (Wildman–Crippen MR) is 149 cm³/mol. The molecule has 2 aromatic rings. The van der Waals surface area contributed by atoms with Crippen LogP contribution in [0, 0.1) is 0 Å². The van der Waals surface area contributed by atoms with Crippen LogP contribution in [0.15, 0.2) is 118 Å². The van der Waals surface area contributed by atoms with Crippen LogP contribution in [-0.2, 0) is 15.1 Å². The van der Waals surface area contributed by atoms with Gasteiger partial charge in [-0.05, 0) is 37.0 Å². The second-order valence-corrected chi connectivity index (χ2v) is 8.37. The number of aliphatic imine (C=N–C) groups is 2. The van der Waals surface area contributed by atoms with Gasteiger partial charge in [0.15, 0.2) is 0 Å². The van der Waals surface area contributed by atoms with Crippen LogP contribution in [0.2, 0.25) is 0 Å². The lowest BCUT2D eigenvalue weighted by atomic mass is 9.79. The van der Waals surface area contributed by atoms with Crippen molar-refractivity contribution >= 4 is 18.1 Å². The van der Waals surface area contributed by atoms with Gasteiger partial charge in [0.1, 0.15) is 11.4 Å². The number of hydrogen-bond acceptors (Lipinski definition) is 5. The molecule has 7 heteroatoms. The first-order chi connectivity index (χ1) is 17.8. The monoisotopic (exact) mass is 498 g/mol. The number of nitrogens with zero attached hydrogens (tertiary/aromatic N) is 3. The third-order valence-electron chi connectivity index (χ3n) is 6.27. The van der Waals surface area contributed by atoms with Gasteiger partial charge in [-0.15, -0.1) is 0 Å². The van der Waals surface area contributed by atoms with Crippen molar-refractivity contribution in [3.05, 3.63) is 119 Å². The largest absolute Gasteiger partial charge is 0.496 e. The molecular formula is C30H34N4O3. The Morgan fingerprint density at radius 3 is 2.16 bits per heavy atom. The minimum absolute atomic E-state index is 0.185. The highest BCUT2D eigenvalue weighted by molar-refractivity contribution is 6.08. The summed E-state index contributed by atoms with van der Waals surface area (Å²) in [4.78, 5) is 23.1. The van der Waals surface area contributed by atoms with Crippen molar-refractivity contribution in [2.45, 2.75) is 32.8 Å². The summed E-state index contributed by atoms with van der Waals surface area (Å²) in [7, 11) is 3.05. The van der Waals surface area contributed by atoms with E-state index in [4.69, 9.17) is 4.74 Å². The van der Waals surface area contributed by atoms with E-state index in [2.05, 4.69) is 21.9 Å². The van der Waals surface area contributed by atoms with E-state index in [0.29, 0.717) is 23.5 Å². The number of allylic oxidation sites excluding steroid dienone is 2. The third-order valence-corrected chi connectivity index (χ3v) is 6.27. The van der Waals surface area contributed by atoms with E-state index in [-0.39, 0.29) is 11.5 Å². The number of rotatable bonds is 7. The standard InChI is InChI=1S/C30H34N4O3/c1-7-26(22(4)30(36,23-15-11-9-12-16-23)24-17-13-10-14-18-24)34-20-25(27(37-6)19-21(34)3)28(35)33-29(31-5)32-8-2/h8-20,36H,3,7H2,1-2,4-6H3,(H,31,33,35)/b26-22+,32-8-. The molecule has 1 aliphatic rings. The molecule has 7 nitrogen and oxygen atoms in total. The molecule has 0 saturated heterocycles. The molecule has 0 aliphatic carbocycles. The first kappa shape index (κ1) is 27.4. The van der Waals surface area contributed by atoms with Crippen molar-refractivity contribution in [3.8, 4) is 0 Å². The van der Waals surface area contributed by atoms with E-state index < -0.39 is 11.5 Å². The minimum Gasteiger partial charge on any atom is -0.496 e. The molecule has 2 aromatic carbocycles. The topological polar surface area (TPSA) is 86.5 Å². The molecule has 1 amide bonds. The van der Waals surface area contributed by atoms with Gasteiger partial charge in [0.05, 0.1) is 12.7 Å². The number of hydrogen-bond donors (Lipinski definition) is 2. The van der Waals surface area contributed by atoms with Gasteiger partial charge in [-0.2, -0.15) is 0 Å². The van der Waals surface area contributed by atoms with Gasteiger partial charge < -0.3 is 14.7 Å². The molecule has 0 aromatic heterocycles. The molecule has 192 valence electrons. The van der Waals surface area contributed by atoms with Crippen molar-refractivity contribution in [2.75, 3.05) is 14.2 Å². The summed E-state index contributed by atoms with van der Waals surface area (Å²) >= 11 is 0. The molecule has 0 spiro atoms. The summed E-state index contributed by atoms with van der Waals surface area (Å²) in [5.74, 6) is 0.125. The number of ether oxygens (including phenoxy) is 1. The van der Waals surface area contributed by atoms with Crippen molar-refractivity contribution in [3.63, 3.8) is 0 Å². The smallest absolute Gasteiger partial charge is 0.263 e. The van der Waals surface area contributed by atoms with E-state index in [1.165, 1.54) is 7.11 Å². The lowest BCUT2D eigenvalue weighted by molar-refractivity contribution is -0.116. The van der Waals surface area contributed by atoms with E-state index in [1.807, 2.05) is 79.4 Å². The number of nitrogens with one attached hydrogen (secondary N) is 1. The summed E-state index contributed by atoms with van der Waals surface area (Å²) in [6.07, 6.45) is 5.50. The number of carbonyl (C=O) groups excluding carboxylic acids is 1. The molecule has 0 saturated carbocycles. The SMILES string of the molecule is C=C1C=C(OC)C(C(=O)NC(=NC)/N=C\C)=CN1/C(CC)=C(\C)C(O)(c1ccccc1)c1ccccc1. The highest BCUT2D eigenvalue weighted by Crippen LogP contribution is 2.41. The first-order valence-electron chi connectivity index (χ1n) is 12.1. The second-order valence-electron chi connectivity index (χ2n) is 8.37. The Balaban J connectivity index is 2.18. The normalized spacial score (nSPS) is 15.2. The highest BCUT2D eigenvalue weighted by atomic mass is 16.5. The average Bonchev–Trinajstić information content (AvgIpc) is 2.93. The molecule has 2 N–H and O–H groups in total. The number of amides is 1. The molecule has 0 unspecified atom stereocenters. The number of aliphatic hydroxyl groups is 1. The Morgan fingerprint density at radius 1 is 1.14 bits per heavy atom. The summed E-state index contributed by atoms with van der Waals surface area (Å²) in [6, 6.07) is 19.1. The zero-order valence-corrected chi connectivity index (χ0v) is 22.0. The van der Waals surface area contributed by atoms with Crippen molar-refractivity contribution in [2.24, 2.45) is 9.98 Å². The summed E-state index contributed by atoms with van der Waals surface area (Å²) in [5.41, 5.74) is 2.46. The van der Waals surface area contributed by atoms with Crippen LogP contribution in [0.1, 0.15) is 38.3 Å². The van der Waals surface area contributed by atoms with Crippen molar-refractivity contribution in [1.29, 1.82) is 0 Å². The molecule has 37 heavy (non-hydrogen) atoms. The molecule has 0 radical (unpaired) electrons. The maximum absolute atomic E-state index is 13.2. The Hall–Kier alpha value is -4.23. The fourth-order valence-corrected chi connectivity index (χ4v) is 4.39. The van der Waals surface area contributed by atoms with Crippen molar-refractivity contribution < 1.29 is 14.6 Å². The van der Waals surface area contributed by atoms with Gasteiger partial charge >= 0.3 is 0 Å². The van der Waals surface area contributed by atoms with E-state index in [1.54, 1.807) is 32.5 Å². The van der Waals surface area contributed by atoms with Gasteiger partial charge in [0.25, 0.3) is 5.91 Å².